The van der Waals surface area contributed by atoms with Gasteiger partial charge in [-0.25, -0.2) is 9.98 Å². The number of aliphatic imine (C=N–C) groups is 2. The molecule has 7 aromatic rings. The second-order valence-corrected chi connectivity index (χ2v) is 14.7. The summed E-state index contributed by atoms with van der Waals surface area (Å²) >= 11 is 0. The molecule has 0 spiro atoms. The van der Waals surface area contributed by atoms with Crippen molar-refractivity contribution < 1.29 is 0 Å². The van der Waals surface area contributed by atoms with E-state index >= 15 is 0 Å². The molecule has 2 aromatic heterocycles. The SMILES string of the molecule is CC1CC=CC=C1C1=NC(n2c3ccccc3c3cc(-c4ccc5c6ccccc6n(-c6ccccc6)c5c4)ccc32)=NC(C2C=CC=CC2C)C1. The first-order chi connectivity index (χ1) is 25.6. The van der Waals surface area contributed by atoms with Crippen molar-refractivity contribution in [2.24, 2.45) is 27.7 Å². The van der Waals surface area contributed by atoms with Crippen molar-refractivity contribution in [3.8, 4) is 16.8 Å². The molecule has 1 aliphatic heterocycles. The van der Waals surface area contributed by atoms with E-state index in [-0.39, 0.29) is 6.04 Å². The van der Waals surface area contributed by atoms with Crippen LogP contribution >= 0.6 is 0 Å². The first-order valence-electron chi connectivity index (χ1n) is 18.6. The number of fused-ring (bicyclic) bond motifs is 6. The highest BCUT2D eigenvalue weighted by Crippen LogP contribution is 2.39. The van der Waals surface area contributed by atoms with Crippen LogP contribution in [0.1, 0.15) is 26.7 Å². The van der Waals surface area contributed by atoms with E-state index in [2.05, 4.69) is 181 Å². The summed E-state index contributed by atoms with van der Waals surface area (Å²) in [6, 6.07) is 42.1. The molecule has 0 fully saturated rings. The van der Waals surface area contributed by atoms with E-state index in [0.717, 1.165) is 29.8 Å². The number of benzene rings is 5. The first kappa shape index (κ1) is 30.8. The Kier molecular flexibility index (Phi) is 7.31. The maximum atomic E-state index is 5.50. The van der Waals surface area contributed by atoms with Crippen LogP contribution < -0.4 is 0 Å². The van der Waals surface area contributed by atoms with E-state index in [1.54, 1.807) is 0 Å². The summed E-state index contributed by atoms with van der Waals surface area (Å²) < 4.78 is 4.70. The van der Waals surface area contributed by atoms with Crippen molar-refractivity contribution >= 4 is 55.3 Å². The molecule has 4 heteroatoms. The lowest BCUT2D eigenvalue weighted by Crippen LogP contribution is -2.33. The molecule has 0 saturated heterocycles. The number of aromatic nitrogens is 2. The Hall–Kier alpha value is -6.00. The Morgan fingerprint density at radius 1 is 0.596 bits per heavy atom. The first-order valence-corrected chi connectivity index (χ1v) is 18.6. The van der Waals surface area contributed by atoms with Crippen LogP contribution in [0, 0.1) is 17.8 Å². The minimum absolute atomic E-state index is 0.108. The zero-order valence-corrected chi connectivity index (χ0v) is 29.5. The van der Waals surface area contributed by atoms with Crippen molar-refractivity contribution in [2.75, 3.05) is 0 Å². The zero-order valence-electron chi connectivity index (χ0n) is 29.5. The molecule has 4 nitrogen and oxygen atoms in total. The fourth-order valence-corrected chi connectivity index (χ4v) is 8.81. The Morgan fingerprint density at radius 3 is 2.08 bits per heavy atom. The average molecular weight is 673 g/mol. The van der Waals surface area contributed by atoms with E-state index in [4.69, 9.17) is 9.98 Å². The third-order valence-electron chi connectivity index (χ3n) is 11.5. The molecule has 0 radical (unpaired) electrons. The van der Waals surface area contributed by atoms with Gasteiger partial charge in [-0.15, -0.1) is 0 Å². The van der Waals surface area contributed by atoms with E-state index in [0.29, 0.717) is 17.8 Å². The quantitative estimate of drug-likeness (QED) is 0.178. The number of hydrogen-bond acceptors (Lipinski definition) is 2. The predicted molar refractivity (Wildman–Crippen MR) is 220 cm³/mol. The number of rotatable bonds is 4. The molecule has 0 amide bonds. The summed E-state index contributed by atoms with van der Waals surface area (Å²) in [6.45, 7) is 4.64. The minimum Gasteiger partial charge on any atom is -0.309 e. The second-order valence-electron chi connectivity index (χ2n) is 14.7. The molecule has 3 aliphatic rings. The van der Waals surface area contributed by atoms with Gasteiger partial charge in [0.25, 0.3) is 0 Å². The number of nitrogens with zero attached hydrogens (tertiary/aromatic N) is 4. The van der Waals surface area contributed by atoms with E-state index in [9.17, 15) is 0 Å². The van der Waals surface area contributed by atoms with Gasteiger partial charge in [0.05, 0.1) is 33.8 Å². The average Bonchev–Trinajstić information content (AvgIpc) is 3.70. The number of allylic oxidation sites excluding steroid dienone is 7. The van der Waals surface area contributed by atoms with Gasteiger partial charge in [-0.1, -0.05) is 129 Å². The van der Waals surface area contributed by atoms with Gasteiger partial charge in [0.15, 0.2) is 0 Å². The number of hydrogen-bond donors (Lipinski definition) is 0. The van der Waals surface area contributed by atoms with Crippen LogP contribution in [-0.2, 0) is 0 Å². The highest BCUT2D eigenvalue weighted by atomic mass is 15.2. The zero-order chi connectivity index (χ0) is 34.8. The Bertz CT molecular complexity index is 2730. The van der Waals surface area contributed by atoms with Gasteiger partial charge in [-0.2, -0.15) is 0 Å². The fourth-order valence-electron chi connectivity index (χ4n) is 8.81. The van der Waals surface area contributed by atoms with Gasteiger partial charge >= 0.3 is 0 Å². The van der Waals surface area contributed by atoms with Gasteiger partial charge in [0, 0.05) is 39.6 Å². The van der Waals surface area contributed by atoms with Crippen LogP contribution in [0.15, 0.2) is 173 Å². The summed E-state index contributed by atoms with van der Waals surface area (Å²) in [7, 11) is 0. The van der Waals surface area contributed by atoms with Crippen LogP contribution in [-0.4, -0.2) is 26.8 Å². The maximum Gasteiger partial charge on any atom is 0.230 e. The third-order valence-corrected chi connectivity index (χ3v) is 11.5. The lowest BCUT2D eigenvalue weighted by molar-refractivity contribution is 0.419. The van der Waals surface area contributed by atoms with Crippen molar-refractivity contribution in [3.05, 3.63) is 163 Å². The van der Waals surface area contributed by atoms with Crippen LogP contribution in [0.3, 0.4) is 0 Å². The molecule has 0 N–H and O–H groups in total. The van der Waals surface area contributed by atoms with E-state index < -0.39 is 0 Å². The summed E-state index contributed by atoms with van der Waals surface area (Å²) in [6.07, 6.45) is 17.7. The van der Waals surface area contributed by atoms with Gasteiger partial charge in [0.2, 0.25) is 5.96 Å². The maximum absolute atomic E-state index is 5.50. The molecule has 10 rings (SSSR count). The van der Waals surface area contributed by atoms with E-state index in [1.165, 1.54) is 60.7 Å². The molecule has 4 unspecified atom stereocenters. The van der Waals surface area contributed by atoms with Gasteiger partial charge in [-0.3, -0.25) is 4.57 Å². The Morgan fingerprint density at radius 2 is 1.27 bits per heavy atom. The molecule has 5 aromatic carbocycles. The molecule has 52 heavy (non-hydrogen) atoms. The molecule has 252 valence electrons. The number of para-hydroxylation sites is 3. The highest BCUT2D eigenvalue weighted by molar-refractivity contribution is 6.18. The van der Waals surface area contributed by atoms with Crippen molar-refractivity contribution in [2.45, 2.75) is 32.7 Å². The normalized spacial score (nSPS) is 21.6. The van der Waals surface area contributed by atoms with Crippen molar-refractivity contribution in [1.82, 2.24) is 9.13 Å². The topological polar surface area (TPSA) is 34.6 Å². The molecule has 4 atom stereocenters. The molecular weight excluding hydrogens is 633 g/mol. The van der Waals surface area contributed by atoms with Crippen LogP contribution in [0.25, 0.3) is 60.4 Å². The molecular formula is C48H40N4. The monoisotopic (exact) mass is 672 g/mol. The van der Waals surface area contributed by atoms with Crippen LogP contribution in [0.5, 0.6) is 0 Å². The van der Waals surface area contributed by atoms with Crippen LogP contribution in [0.2, 0.25) is 0 Å². The molecule has 0 saturated carbocycles. The third kappa shape index (κ3) is 4.97. The fraction of sp³-hybridized carbons (Fsp3) is 0.167. The smallest absolute Gasteiger partial charge is 0.230 e. The molecule has 0 bridgehead atoms. The molecule has 2 aliphatic carbocycles. The highest BCUT2D eigenvalue weighted by Gasteiger charge is 2.32. The summed E-state index contributed by atoms with van der Waals surface area (Å²) in [5, 5.41) is 4.94. The molecule has 3 heterocycles. The standard InChI is InChI=1S/C48H40N4/c1-31-14-6-8-18-36(31)42-30-43(37-19-9-7-15-32(37)2)50-48(49-42)52-45-23-13-11-21-39(45)41-28-33(25-27-46(41)52)34-24-26-40-38-20-10-12-22-44(38)51(47(40)29-34)35-16-4-3-5-17-35/h3-14,16-29,31-32,36,42H,15,30H2,1-2H3. The second kappa shape index (κ2) is 12.3. The lowest BCUT2D eigenvalue weighted by atomic mass is 9.79. The summed E-state index contributed by atoms with van der Waals surface area (Å²) in [5.41, 5.74) is 10.8. The van der Waals surface area contributed by atoms with Crippen LogP contribution in [0.4, 0.5) is 0 Å². The Balaban J connectivity index is 1.15. The van der Waals surface area contributed by atoms with Gasteiger partial charge < -0.3 is 4.57 Å². The Labute approximate surface area is 304 Å². The van der Waals surface area contributed by atoms with E-state index in [1.807, 2.05) is 0 Å². The van der Waals surface area contributed by atoms with Gasteiger partial charge in [-0.05, 0) is 77.4 Å². The van der Waals surface area contributed by atoms with Gasteiger partial charge in [0.1, 0.15) is 0 Å². The summed E-state index contributed by atoms with van der Waals surface area (Å²) in [5.74, 6) is 1.95. The van der Waals surface area contributed by atoms with Crippen molar-refractivity contribution in [3.63, 3.8) is 0 Å². The van der Waals surface area contributed by atoms with Crippen molar-refractivity contribution in [1.29, 1.82) is 0 Å². The summed E-state index contributed by atoms with van der Waals surface area (Å²) in [4.78, 5) is 10.9. The largest absolute Gasteiger partial charge is 0.309 e. The minimum atomic E-state index is 0.108. The lowest BCUT2D eigenvalue weighted by Gasteiger charge is -2.32. The predicted octanol–water partition coefficient (Wildman–Crippen LogP) is 11.9.